The van der Waals surface area contributed by atoms with Crippen LogP contribution in [0.5, 0.6) is 0 Å². The van der Waals surface area contributed by atoms with Crippen LogP contribution in [-0.2, 0) is 10.2 Å². The maximum absolute atomic E-state index is 12.2. The first kappa shape index (κ1) is 13.1. The number of carbonyl (C=O) groups is 1. The second-order valence-corrected chi connectivity index (χ2v) is 5.73. The van der Waals surface area contributed by atoms with Gasteiger partial charge >= 0.3 is 0 Å². The molecule has 0 N–H and O–H groups in total. The van der Waals surface area contributed by atoms with E-state index in [1.807, 2.05) is 29.2 Å². The third-order valence-electron chi connectivity index (χ3n) is 3.30. The van der Waals surface area contributed by atoms with Gasteiger partial charge in [-0.05, 0) is 23.1 Å². The molecule has 1 fully saturated rings. The molecular weight excluding hydrogens is 226 g/mol. The highest BCUT2D eigenvalue weighted by Crippen LogP contribution is 2.22. The topological polar surface area (TPSA) is 29.5 Å². The van der Waals surface area contributed by atoms with Crippen LogP contribution in [0.25, 0.3) is 0 Å². The van der Waals surface area contributed by atoms with Gasteiger partial charge in [0.25, 0.3) is 5.91 Å². The van der Waals surface area contributed by atoms with Crippen LogP contribution < -0.4 is 0 Å². The summed E-state index contributed by atoms with van der Waals surface area (Å²) in [6.45, 7) is 9.20. The van der Waals surface area contributed by atoms with Gasteiger partial charge < -0.3 is 9.64 Å². The van der Waals surface area contributed by atoms with Crippen LogP contribution in [-0.4, -0.2) is 37.1 Å². The van der Waals surface area contributed by atoms with E-state index >= 15 is 0 Å². The van der Waals surface area contributed by atoms with E-state index in [0.717, 1.165) is 5.56 Å². The maximum atomic E-state index is 12.2. The summed E-state index contributed by atoms with van der Waals surface area (Å²) in [5.74, 6) is 0.110. The van der Waals surface area contributed by atoms with E-state index in [2.05, 4.69) is 20.8 Å². The molecule has 1 aromatic rings. The number of rotatable bonds is 1. The number of amides is 1. The molecule has 2 rings (SSSR count). The molecule has 98 valence electrons. The van der Waals surface area contributed by atoms with E-state index in [1.165, 1.54) is 5.56 Å². The van der Waals surface area contributed by atoms with E-state index in [9.17, 15) is 4.79 Å². The molecule has 18 heavy (non-hydrogen) atoms. The van der Waals surface area contributed by atoms with Gasteiger partial charge in [-0.1, -0.05) is 32.9 Å². The molecular formula is C15H21NO2. The third-order valence-corrected chi connectivity index (χ3v) is 3.30. The van der Waals surface area contributed by atoms with Gasteiger partial charge in [-0.15, -0.1) is 0 Å². The first-order valence-electron chi connectivity index (χ1n) is 6.46. The molecule has 0 bridgehead atoms. The van der Waals surface area contributed by atoms with E-state index in [-0.39, 0.29) is 11.3 Å². The second-order valence-electron chi connectivity index (χ2n) is 5.73. The van der Waals surface area contributed by atoms with E-state index < -0.39 is 0 Å². The molecule has 1 aliphatic heterocycles. The summed E-state index contributed by atoms with van der Waals surface area (Å²) in [6, 6.07) is 7.96. The Morgan fingerprint density at radius 3 is 2.17 bits per heavy atom. The lowest BCUT2D eigenvalue weighted by Crippen LogP contribution is -2.40. The molecule has 1 heterocycles. The first-order valence-corrected chi connectivity index (χ1v) is 6.46. The van der Waals surface area contributed by atoms with Crippen LogP contribution in [0.4, 0.5) is 0 Å². The fourth-order valence-corrected chi connectivity index (χ4v) is 2.06. The molecule has 0 unspecified atom stereocenters. The average Bonchev–Trinajstić information content (AvgIpc) is 2.38. The first-order chi connectivity index (χ1) is 8.48. The zero-order valence-electron chi connectivity index (χ0n) is 11.4. The minimum absolute atomic E-state index is 0.110. The average molecular weight is 247 g/mol. The Kier molecular flexibility index (Phi) is 3.71. The van der Waals surface area contributed by atoms with Crippen LogP contribution in [0, 0.1) is 0 Å². The van der Waals surface area contributed by atoms with Crippen molar-refractivity contribution in [1.82, 2.24) is 4.90 Å². The van der Waals surface area contributed by atoms with Crippen molar-refractivity contribution in [2.45, 2.75) is 26.2 Å². The van der Waals surface area contributed by atoms with Gasteiger partial charge in [-0.3, -0.25) is 4.79 Å². The molecule has 0 spiro atoms. The van der Waals surface area contributed by atoms with Crippen LogP contribution in [0.2, 0.25) is 0 Å². The van der Waals surface area contributed by atoms with E-state index in [0.29, 0.717) is 26.3 Å². The highest BCUT2D eigenvalue weighted by atomic mass is 16.5. The predicted molar refractivity (Wildman–Crippen MR) is 71.9 cm³/mol. The van der Waals surface area contributed by atoms with Crippen molar-refractivity contribution in [1.29, 1.82) is 0 Å². The molecule has 1 aliphatic rings. The van der Waals surface area contributed by atoms with E-state index in [1.54, 1.807) is 0 Å². The summed E-state index contributed by atoms with van der Waals surface area (Å²) < 4.78 is 5.26. The Bertz CT molecular complexity index is 411. The standard InChI is InChI=1S/C15H21NO2/c1-15(2,3)13-6-4-12(5-7-13)14(17)16-8-10-18-11-9-16/h4-7H,8-11H2,1-3H3. The fourth-order valence-electron chi connectivity index (χ4n) is 2.06. The van der Waals surface area contributed by atoms with Crippen molar-refractivity contribution in [2.75, 3.05) is 26.3 Å². The van der Waals surface area contributed by atoms with Gasteiger partial charge in [0.05, 0.1) is 13.2 Å². The van der Waals surface area contributed by atoms with Crippen molar-refractivity contribution in [2.24, 2.45) is 0 Å². The van der Waals surface area contributed by atoms with Gasteiger partial charge in [0.2, 0.25) is 0 Å². The zero-order chi connectivity index (χ0) is 13.2. The summed E-state index contributed by atoms with van der Waals surface area (Å²) >= 11 is 0. The molecule has 0 atom stereocenters. The monoisotopic (exact) mass is 247 g/mol. The predicted octanol–water partition coefficient (Wildman–Crippen LogP) is 2.46. The molecule has 0 radical (unpaired) electrons. The van der Waals surface area contributed by atoms with Crippen molar-refractivity contribution < 1.29 is 9.53 Å². The van der Waals surface area contributed by atoms with Crippen LogP contribution in [0.15, 0.2) is 24.3 Å². The largest absolute Gasteiger partial charge is 0.378 e. The molecule has 1 amide bonds. The minimum atomic E-state index is 0.110. The maximum Gasteiger partial charge on any atom is 0.254 e. The summed E-state index contributed by atoms with van der Waals surface area (Å²) in [5, 5.41) is 0. The fraction of sp³-hybridized carbons (Fsp3) is 0.533. The summed E-state index contributed by atoms with van der Waals surface area (Å²) in [5.41, 5.74) is 2.14. The summed E-state index contributed by atoms with van der Waals surface area (Å²) in [6.07, 6.45) is 0. The lowest BCUT2D eigenvalue weighted by atomic mass is 9.86. The highest BCUT2D eigenvalue weighted by Gasteiger charge is 2.19. The molecule has 1 saturated heterocycles. The Morgan fingerprint density at radius 2 is 1.67 bits per heavy atom. The summed E-state index contributed by atoms with van der Waals surface area (Å²) in [7, 11) is 0. The lowest BCUT2D eigenvalue weighted by Gasteiger charge is -2.27. The van der Waals surface area contributed by atoms with Crippen molar-refractivity contribution >= 4 is 5.91 Å². The number of hydrogen-bond donors (Lipinski definition) is 0. The van der Waals surface area contributed by atoms with Crippen molar-refractivity contribution in [3.63, 3.8) is 0 Å². The number of nitrogens with zero attached hydrogens (tertiary/aromatic N) is 1. The smallest absolute Gasteiger partial charge is 0.254 e. The molecule has 0 saturated carbocycles. The Labute approximate surface area is 109 Å². The Morgan fingerprint density at radius 1 is 1.11 bits per heavy atom. The third kappa shape index (κ3) is 2.91. The van der Waals surface area contributed by atoms with Gasteiger partial charge in [-0.2, -0.15) is 0 Å². The number of ether oxygens (including phenoxy) is 1. The van der Waals surface area contributed by atoms with Crippen molar-refractivity contribution in [3.8, 4) is 0 Å². The van der Waals surface area contributed by atoms with Gasteiger partial charge in [0.15, 0.2) is 0 Å². The highest BCUT2D eigenvalue weighted by molar-refractivity contribution is 5.94. The van der Waals surface area contributed by atoms with Gasteiger partial charge in [0.1, 0.15) is 0 Å². The van der Waals surface area contributed by atoms with Crippen LogP contribution in [0.3, 0.4) is 0 Å². The van der Waals surface area contributed by atoms with Crippen LogP contribution >= 0.6 is 0 Å². The normalized spacial score (nSPS) is 16.7. The van der Waals surface area contributed by atoms with Crippen LogP contribution in [0.1, 0.15) is 36.7 Å². The summed E-state index contributed by atoms with van der Waals surface area (Å²) in [4.78, 5) is 14.1. The van der Waals surface area contributed by atoms with E-state index in [4.69, 9.17) is 4.74 Å². The molecule has 0 aliphatic carbocycles. The van der Waals surface area contributed by atoms with Gasteiger partial charge in [0, 0.05) is 18.7 Å². The quantitative estimate of drug-likeness (QED) is 0.763. The van der Waals surface area contributed by atoms with Crippen molar-refractivity contribution in [3.05, 3.63) is 35.4 Å². The second kappa shape index (κ2) is 5.11. The molecule has 3 nitrogen and oxygen atoms in total. The van der Waals surface area contributed by atoms with Gasteiger partial charge in [-0.25, -0.2) is 0 Å². The Balaban J connectivity index is 2.11. The molecule has 1 aromatic carbocycles. The SMILES string of the molecule is CC(C)(C)c1ccc(C(=O)N2CCOCC2)cc1. The number of hydrogen-bond acceptors (Lipinski definition) is 2. The number of carbonyl (C=O) groups excluding carboxylic acids is 1. The molecule has 0 aromatic heterocycles. The Hall–Kier alpha value is -1.35. The molecule has 3 heteroatoms. The number of morpholine rings is 1. The minimum Gasteiger partial charge on any atom is -0.378 e. The number of benzene rings is 1. The lowest BCUT2D eigenvalue weighted by molar-refractivity contribution is 0.0303. The zero-order valence-corrected chi connectivity index (χ0v) is 11.4.